The summed E-state index contributed by atoms with van der Waals surface area (Å²) in [6, 6.07) is -0.0823. The van der Waals surface area contributed by atoms with Crippen molar-refractivity contribution in [1.29, 1.82) is 0 Å². The predicted octanol–water partition coefficient (Wildman–Crippen LogP) is 3.12. The molecule has 0 spiro atoms. The van der Waals surface area contributed by atoms with Gasteiger partial charge in [-0.15, -0.1) is 0 Å². The highest BCUT2D eigenvalue weighted by molar-refractivity contribution is 4.87. The molecule has 1 atom stereocenters. The summed E-state index contributed by atoms with van der Waals surface area (Å²) in [5, 5.41) is 0. The molecule has 0 saturated heterocycles. The van der Waals surface area contributed by atoms with Crippen LogP contribution in [0, 0.1) is 12.5 Å². The molecule has 0 aromatic carbocycles. The number of alkyl halides is 2. The van der Waals surface area contributed by atoms with Crippen LogP contribution in [-0.2, 0) is 0 Å². The summed E-state index contributed by atoms with van der Waals surface area (Å²) in [4.78, 5) is 3.36. The molecule has 0 N–H and O–H groups in total. The standard InChI is InChI=1S/C9H13F2N/c1-7(12-2)8-3-5-9(10,11)6-4-8/h7-8H,3-6H2,1H3. The lowest BCUT2D eigenvalue weighted by atomic mass is 9.83. The van der Waals surface area contributed by atoms with E-state index < -0.39 is 5.92 Å². The highest BCUT2D eigenvalue weighted by atomic mass is 19.3. The minimum absolute atomic E-state index is 0.0302. The van der Waals surface area contributed by atoms with E-state index in [1.165, 1.54) is 0 Å². The molecule has 0 bridgehead atoms. The van der Waals surface area contributed by atoms with E-state index in [9.17, 15) is 8.78 Å². The molecule has 12 heavy (non-hydrogen) atoms. The number of halogens is 2. The monoisotopic (exact) mass is 173 g/mol. The summed E-state index contributed by atoms with van der Waals surface area (Å²) in [5.74, 6) is -2.26. The molecule has 68 valence electrons. The fraction of sp³-hybridized carbons (Fsp3) is 0.889. The first-order chi connectivity index (χ1) is 5.55. The minimum Gasteiger partial charge on any atom is -0.314 e. The number of nitrogens with zero attached hydrogens (tertiary/aromatic N) is 1. The predicted molar refractivity (Wildman–Crippen MR) is 43.0 cm³/mol. The molecule has 0 aliphatic heterocycles. The maximum absolute atomic E-state index is 12.7. The smallest absolute Gasteiger partial charge is 0.248 e. The zero-order valence-electron chi connectivity index (χ0n) is 7.19. The van der Waals surface area contributed by atoms with Gasteiger partial charge in [0, 0.05) is 25.7 Å². The van der Waals surface area contributed by atoms with Gasteiger partial charge in [-0.25, -0.2) is 15.4 Å². The summed E-state index contributed by atoms with van der Waals surface area (Å²) in [6.07, 6.45) is 0.960. The Kier molecular flexibility index (Phi) is 2.66. The molecule has 1 saturated carbocycles. The zero-order chi connectivity index (χ0) is 9.19. The zero-order valence-corrected chi connectivity index (χ0v) is 7.19. The average Bonchev–Trinajstić information content (AvgIpc) is 2.03. The van der Waals surface area contributed by atoms with Gasteiger partial charge in [0.15, 0.2) is 0 Å². The van der Waals surface area contributed by atoms with Crippen LogP contribution in [-0.4, -0.2) is 12.0 Å². The molecule has 0 aromatic rings. The molecular formula is C9H13F2N. The second kappa shape index (κ2) is 3.38. The molecule has 0 heterocycles. The SMILES string of the molecule is [C-]#[N+]C(C)C1CCC(F)(F)CC1. The lowest BCUT2D eigenvalue weighted by Gasteiger charge is -2.27. The van der Waals surface area contributed by atoms with Crippen molar-refractivity contribution >= 4 is 0 Å². The van der Waals surface area contributed by atoms with Crippen molar-refractivity contribution in [2.75, 3.05) is 0 Å². The van der Waals surface area contributed by atoms with Gasteiger partial charge in [-0.3, -0.25) is 0 Å². The molecule has 1 rings (SSSR count). The van der Waals surface area contributed by atoms with Crippen LogP contribution in [0.25, 0.3) is 4.85 Å². The third-order valence-corrected chi connectivity index (χ3v) is 2.65. The number of rotatable bonds is 1. The Morgan fingerprint density at radius 2 is 1.92 bits per heavy atom. The highest BCUT2D eigenvalue weighted by Gasteiger charge is 2.38. The van der Waals surface area contributed by atoms with Crippen LogP contribution in [0.3, 0.4) is 0 Å². The third-order valence-electron chi connectivity index (χ3n) is 2.65. The Hall–Kier alpha value is -0.650. The minimum atomic E-state index is -2.46. The number of hydrogen-bond acceptors (Lipinski definition) is 0. The van der Waals surface area contributed by atoms with Gasteiger partial charge in [0.05, 0.1) is 0 Å². The van der Waals surface area contributed by atoms with Crippen LogP contribution in [0.4, 0.5) is 8.78 Å². The lowest BCUT2D eigenvalue weighted by Crippen LogP contribution is -2.28. The Morgan fingerprint density at radius 1 is 1.42 bits per heavy atom. The maximum Gasteiger partial charge on any atom is 0.248 e. The fourth-order valence-corrected chi connectivity index (χ4v) is 1.65. The van der Waals surface area contributed by atoms with Gasteiger partial charge in [-0.05, 0) is 12.8 Å². The molecule has 1 unspecified atom stereocenters. The van der Waals surface area contributed by atoms with E-state index in [2.05, 4.69) is 4.85 Å². The molecule has 3 heteroatoms. The molecule has 1 aliphatic rings. The molecule has 1 fully saturated rings. The van der Waals surface area contributed by atoms with Crippen molar-refractivity contribution in [3.8, 4) is 0 Å². The molecule has 0 amide bonds. The number of hydrogen-bond donors (Lipinski definition) is 0. The van der Waals surface area contributed by atoms with Gasteiger partial charge in [0.1, 0.15) is 0 Å². The van der Waals surface area contributed by atoms with Crippen LogP contribution in [0.5, 0.6) is 0 Å². The van der Waals surface area contributed by atoms with E-state index in [-0.39, 0.29) is 24.8 Å². The first-order valence-electron chi connectivity index (χ1n) is 4.29. The van der Waals surface area contributed by atoms with Crippen LogP contribution < -0.4 is 0 Å². The van der Waals surface area contributed by atoms with E-state index in [1.54, 1.807) is 0 Å². The normalized spacial score (nSPS) is 26.2. The van der Waals surface area contributed by atoms with Crippen LogP contribution in [0.15, 0.2) is 0 Å². The Bertz CT molecular complexity index is 185. The van der Waals surface area contributed by atoms with Gasteiger partial charge < -0.3 is 4.85 Å². The van der Waals surface area contributed by atoms with Gasteiger partial charge in [0.25, 0.3) is 0 Å². The van der Waals surface area contributed by atoms with Gasteiger partial charge in [-0.2, -0.15) is 0 Å². The van der Waals surface area contributed by atoms with Crippen LogP contribution >= 0.6 is 0 Å². The maximum atomic E-state index is 12.7. The fourth-order valence-electron chi connectivity index (χ4n) is 1.65. The van der Waals surface area contributed by atoms with Crippen molar-refractivity contribution in [3.05, 3.63) is 11.4 Å². The van der Waals surface area contributed by atoms with Crippen LogP contribution in [0.2, 0.25) is 0 Å². The highest BCUT2D eigenvalue weighted by Crippen LogP contribution is 2.37. The second-order valence-corrected chi connectivity index (χ2v) is 3.56. The van der Waals surface area contributed by atoms with Crippen molar-refractivity contribution in [2.24, 2.45) is 5.92 Å². The second-order valence-electron chi connectivity index (χ2n) is 3.56. The van der Waals surface area contributed by atoms with Crippen molar-refractivity contribution in [2.45, 2.75) is 44.6 Å². The summed E-state index contributed by atoms with van der Waals surface area (Å²) >= 11 is 0. The summed E-state index contributed by atoms with van der Waals surface area (Å²) in [7, 11) is 0. The molecule has 0 aromatic heterocycles. The van der Waals surface area contributed by atoms with Gasteiger partial charge in [0.2, 0.25) is 12.0 Å². The Labute approximate surface area is 71.6 Å². The first kappa shape index (κ1) is 9.44. The van der Waals surface area contributed by atoms with E-state index in [0.29, 0.717) is 12.8 Å². The van der Waals surface area contributed by atoms with Gasteiger partial charge in [-0.1, -0.05) is 0 Å². The molecule has 0 radical (unpaired) electrons. The quantitative estimate of drug-likeness (QED) is 0.536. The van der Waals surface area contributed by atoms with E-state index in [0.717, 1.165) is 0 Å². The molecule has 1 aliphatic carbocycles. The van der Waals surface area contributed by atoms with E-state index >= 15 is 0 Å². The van der Waals surface area contributed by atoms with E-state index in [1.807, 2.05) is 6.92 Å². The Morgan fingerprint density at radius 3 is 2.33 bits per heavy atom. The molecule has 1 nitrogen and oxygen atoms in total. The van der Waals surface area contributed by atoms with Crippen molar-refractivity contribution in [1.82, 2.24) is 0 Å². The topological polar surface area (TPSA) is 4.36 Å². The van der Waals surface area contributed by atoms with Crippen LogP contribution in [0.1, 0.15) is 32.6 Å². The molecular weight excluding hydrogens is 160 g/mol. The van der Waals surface area contributed by atoms with Crippen molar-refractivity contribution < 1.29 is 8.78 Å². The Balaban J connectivity index is 2.42. The largest absolute Gasteiger partial charge is 0.314 e. The van der Waals surface area contributed by atoms with Gasteiger partial charge >= 0.3 is 0 Å². The first-order valence-corrected chi connectivity index (χ1v) is 4.29. The third kappa shape index (κ3) is 2.17. The average molecular weight is 173 g/mol. The van der Waals surface area contributed by atoms with Crippen molar-refractivity contribution in [3.63, 3.8) is 0 Å². The summed E-state index contributed by atoms with van der Waals surface area (Å²) in [5.41, 5.74) is 0. The van der Waals surface area contributed by atoms with E-state index in [4.69, 9.17) is 6.57 Å². The lowest BCUT2D eigenvalue weighted by molar-refractivity contribution is -0.0465. The summed E-state index contributed by atoms with van der Waals surface area (Å²) < 4.78 is 25.3. The summed E-state index contributed by atoms with van der Waals surface area (Å²) in [6.45, 7) is 8.60.